The summed E-state index contributed by atoms with van der Waals surface area (Å²) in [6.07, 6.45) is 1.16. The summed E-state index contributed by atoms with van der Waals surface area (Å²) in [5.74, 6) is -0.366. The monoisotopic (exact) mass is 198 g/mol. The van der Waals surface area contributed by atoms with Crippen LogP contribution in [0.25, 0.3) is 11.3 Å². The second-order valence-electron chi connectivity index (χ2n) is 3.05. The third-order valence-corrected chi connectivity index (χ3v) is 2.01. The summed E-state index contributed by atoms with van der Waals surface area (Å²) in [4.78, 5) is 3.94. The van der Waals surface area contributed by atoms with Crippen LogP contribution in [0, 0.1) is 17.1 Å². The summed E-state index contributed by atoms with van der Waals surface area (Å²) in [5, 5.41) is 8.72. The fourth-order valence-corrected chi connectivity index (χ4v) is 1.29. The maximum Gasteiger partial charge on any atom is 0.141 e. The van der Waals surface area contributed by atoms with E-state index in [1.807, 2.05) is 12.1 Å². The number of hydrogen-bond donors (Lipinski definition) is 0. The molecule has 1 aromatic heterocycles. The Labute approximate surface area is 86.6 Å². The molecule has 3 heteroatoms. The lowest BCUT2D eigenvalue weighted by molar-refractivity contribution is 0.622. The highest BCUT2D eigenvalue weighted by Crippen LogP contribution is 2.17. The lowest BCUT2D eigenvalue weighted by Crippen LogP contribution is -1.85. The van der Waals surface area contributed by atoms with E-state index >= 15 is 0 Å². The molecule has 2 nitrogen and oxygen atoms in total. The van der Waals surface area contributed by atoms with Crippen molar-refractivity contribution in [3.8, 4) is 17.3 Å². The van der Waals surface area contributed by atoms with E-state index in [9.17, 15) is 4.39 Å². The molecule has 0 fully saturated rings. The molecule has 0 unspecified atom stereocenters. The minimum Gasteiger partial charge on any atom is -0.253 e. The highest BCUT2D eigenvalue weighted by molar-refractivity contribution is 5.60. The molecule has 0 atom stereocenters. The third-order valence-electron chi connectivity index (χ3n) is 2.01. The molecule has 0 aliphatic heterocycles. The van der Waals surface area contributed by atoms with Gasteiger partial charge in [-0.25, -0.2) is 4.39 Å². The molecule has 1 heterocycles. The molecule has 2 aromatic rings. The van der Waals surface area contributed by atoms with Crippen molar-refractivity contribution >= 4 is 0 Å². The Morgan fingerprint density at radius 1 is 1.20 bits per heavy atom. The third kappa shape index (κ3) is 2.00. The molecule has 15 heavy (non-hydrogen) atoms. The Kier molecular flexibility index (Phi) is 2.42. The van der Waals surface area contributed by atoms with Crippen molar-refractivity contribution in [1.29, 1.82) is 5.26 Å². The van der Waals surface area contributed by atoms with Crippen LogP contribution in [-0.2, 0) is 0 Å². The van der Waals surface area contributed by atoms with Gasteiger partial charge in [-0.15, -0.1) is 0 Å². The van der Waals surface area contributed by atoms with Gasteiger partial charge in [-0.3, -0.25) is 4.98 Å². The number of rotatable bonds is 1. The van der Waals surface area contributed by atoms with Crippen molar-refractivity contribution in [2.45, 2.75) is 0 Å². The molecule has 0 aliphatic carbocycles. The van der Waals surface area contributed by atoms with Crippen LogP contribution in [0.5, 0.6) is 0 Å². The number of nitriles is 1. The fourth-order valence-electron chi connectivity index (χ4n) is 1.29. The van der Waals surface area contributed by atoms with Gasteiger partial charge in [0, 0.05) is 5.56 Å². The lowest BCUT2D eigenvalue weighted by atomic mass is 10.1. The average Bonchev–Trinajstić information content (AvgIpc) is 2.30. The van der Waals surface area contributed by atoms with Gasteiger partial charge in [0.25, 0.3) is 0 Å². The van der Waals surface area contributed by atoms with Gasteiger partial charge in [0.05, 0.1) is 23.5 Å². The molecule has 0 N–H and O–H groups in total. The van der Waals surface area contributed by atoms with E-state index in [2.05, 4.69) is 4.98 Å². The van der Waals surface area contributed by atoms with Crippen molar-refractivity contribution in [2.24, 2.45) is 0 Å². The van der Waals surface area contributed by atoms with E-state index in [1.54, 1.807) is 24.3 Å². The van der Waals surface area contributed by atoms with Gasteiger partial charge in [-0.1, -0.05) is 12.1 Å². The Morgan fingerprint density at radius 2 is 2.07 bits per heavy atom. The Hall–Kier alpha value is -2.21. The first-order chi connectivity index (χ1) is 7.29. The molecule has 0 saturated heterocycles. The smallest absolute Gasteiger partial charge is 0.141 e. The quantitative estimate of drug-likeness (QED) is 0.706. The van der Waals surface area contributed by atoms with E-state index in [0.717, 1.165) is 11.8 Å². The van der Waals surface area contributed by atoms with Gasteiger partial charge in [0.2, 0.25) is 0 Å². The highest BCUT2D eigenvalue weighted by Gasteiger charge is 2.00. The first kappa shape index (κ1) is 9.35. The lowest BCUT2D eigenvalue weighted by Gasteiger charge is -2.00. The normalized spacial score (nSPS) is 9.60. The van der Waals surface area contributed by atoms with E-state index in [-0.39, 0.29) is 5.82 Å². The molecular weight excluding hydrogens is 191 g/mol. The van der Waals surface area contributed by atoms with Crippen LogP contribution in [0.2, 0.25) is 0 Å². The fraction of sp³-hybridized carbons (Fsp3) is 0. The second-order valence-corrected chi connectivity index (χ2v) is 3.05. The first-order valence-corrected chi connectivity index (χ1v) is 4.42. The largest absolute Gasteiger partial charge is 0.253 e. The molecule has 72 valence electrons. The number of nitrogens with zero attached hydrogens (tertiary/aromatic N) is 2. The molecule has 0 bridgehead atoms. The summed E-state index contributed by atoms with van der Waals surface area (Å²) in [6.45, 7) is 0. The minimum atomic E-state index is -0.366. The van der Waals surface area contributed by atoms with Gasteiger partial charge in [-0.05, 0) is 24.3 Å². The van der Waals surface area contributed by atoms with Crippen LogP contribution >= 0.6 is 0 Å². The molecule has 1 aromatic carbocycles. The standard InChI is InChI=1S/C12H7FN2/c13-11-4-5-12(15-8-11)10-3-1-2-9(6-10)7-14/h1-6,8H. The van der Waals surface area contributed by atoms with Crippen LogP contribution in [0.15, 0.2) is 42.6 Å². The van der Waals surface area contributed by atoms with Gasteiger partial charge < -0.3 is 0 Å². The minimum absolute atomic E-state index is 0.366. The SMILES string of the molecule is N#Cc1cccc(-c2ccc(F)cn2)c1. The Bertz CT molecular complexity index is 512. The molecular formula is C12H7FN2. The summed E-state index contributed by atoms with van der Waals surface area (Å²) < 4.78 is 12.6. The van der Waals surface area contributed by atoms with Crippen molar-refractivity contribution in [2.75, 3.05) is 0 Å². The molecule has 0 radical (unpaired) electrons. The number of pyridine rings is 1. The van der Waals surface area contributed by atoms with Crippen LogP contribution in [-0.4, -0.2) is 4.98 Å². The van der Waals surface area contributed by atoms with Gasteiger partial charge in [0.1, 0.15) is 5.82 Å². The highest BCUT2D eigenvalue weighted by atomic mass is 19.1. The second kappa shape index (κ2) is 3.89. The van der Waals surface area contributed by atoms with Gasteiger partial charge >= 0.3 is 0 Å². The van der Waals surface area contributed by atoms with Crippen LogP contribution in [0.1, 0.15) is 5.56 Å². The Morgan fingerprint density at radius 3 is 2.73 bits per heavy atom. The van der Waals surface area contributed by atoms with Gasteiger partial charge in [0.15, 0.2) is 0 Å². The first-order valence-electron chi connectivity index (χ1n) is 4.42. The molecule has 0 amide bonds. The van der Waals surface area contributed by atoms with Crippen molar-refractivity contribution in [1.82, 2.24) is 4.98 Å². The predicted molar refractivity (Wildman–Crippen MR) is 54.3 cm³/mol. The average molecular weight is 198 g/mol. The summed E-state index contributed by atoms with van der Waals surface area (Å²) >= 11 is 0. The maximum absolute atomic E-state index is 12.6. The van der Waals surface area contributed by atoms with Crippen LogP contribution in [0.3, 0.4) is 0 Å². The maximum atomic E-state index is 12.6. The van der Waals surface area contributed by atoms with E-state index in [0.29, 0.717) is 11.3 Å². The summed E-state index contributed by atoms with van der Waals surface area (Å²) in [7, 11) is 0. The summed E-state index contributed by atoms with van der Waals surface area (Å²) in [5.41, 5.74) is 2.04. The number of hydrogen-bond acceptors (Lipinski definition) is 2. The molecule has 0 spiro atoms. The molecule has 0 saturated carbocycles. The Balaban J connectivity index is 2.46. The topological polar surface area (TPSA) is 36.7 Å². The van der Waals surface area contributed by atoms with E-state index in [4.69, 9.17) is 5.26 Å². The van der Waals surface area contributed by atoms with E-state index in [1.165, 1.54) is 6.07 Å². The van der Waals surface area contributed by atoms with Crippen LogP contribution in [0.4, 0.5) is 4.39 Å². The van der Waals surface area contributed by atoms with Crippen molar-refractivity contribution in [3.05, 3.63) is 54.0 Å². The molecule has 0 aliphatic rings. The van der Waals surface area contributed by atoms with Crippen molar-refractivity contribution in [3.63, 3.8) is 0 Å². The van der Waals surface area contributed by atoms with Crippen LogP contribution < -0.4 is 0 Å². The zero-order chi connectivity index (χ0) is 10.7. The number of halogens is 1. The zero-order valence-electron chi connectivity index (χ0n) is 7.81. The predicted octanol–water partition coefficient (Wildman–Crippen LogP) is 2.76. The number of aromatic nitrogens is 1. The summed E-state index contributed by atoms with van der Waals surface area (Å²) in [6, 6.07) is 12.0. The van der Waals surface area contributed by atoms with Crippen molar-refractivity contribution < 1.29 is 4.39 Å². The molecule has 2 rings (SSSR count). The van der Waals surface area contributed by atoms with E-state index < -0.39 is 0 Å². The number of benzene rings is 1. The zero-order valence-corrected chi connectivity index (χ0v) is 7.81. The van der Waals surface area contributed by atoms with Gasteiger partial charge in [-0.2, -0.15) is 5.26 Å².